The summed E-state index contributed by atoms with van der Waals surface area (Å²) in [5, 5.41) is 6.76. The van der Waals surface area contributed by atoms with Crippen LogP contribution in [0.4, 0.5) is 5.82 Å². The number of anilines is 1. The van der Waals surface area contributed by atoms with Crippen LogP contribution in [0, 0.1) is 4.77 Å². The molecule has 0 unspecified atom stereocenters. The Morgan fingerprint density at radius 3 is 2.76 bits per heavy atom. The van der Waals surface area contributed by atoms with Crippen molar-refractivity contribution < 1.29 is 0 Å². The molecule has 1 saturated heterocycles. The van der Waals surface area contributed by atoms with Gasteiger partial charge in [0.25, 0.3) is 0 Å². The van der Waals surface area contributed by atoms with Crippen molar-refractivity contribution in [3.63, 3.8) is 0 Å². The average molecular weight is 251 g/mol. The zero-order valence-corrected chi connectivity index (χ0v) is 10.6. The molecule has 92 valence electrons. The van der Waals surface area contributed by atoms with E-state index in [1.165, 1.54) is 11.3 Å². The van der Waals surface area contributed by atoms with Crippen LogP contribution in [-0.2, 0) is 13.0 Å². The molecule has 6 heteroatoms. The fraction of sp³-hybridized carbons (Fsp3) is 0.636. The molecule has 0 aromatic carbocycles. The van der Waals surface area contributed by atoms with Gasteiger partial charge in [-0.2, -0.15) is 0 Å². The van der Waals surface area contributed by atoms with Gasteiger partial charge < -0.3 is 20.5 Å². The zero-order valence-electron chi connectivity index (χ0n) is 9.75. The van der Waals surface area contributed by atoms with E-state index in [9.17, 15) is 0 Å². The van der Waals surface area contributed by atoms with Gasteiger partial charge in [-0.15, -0.1) is 0 Å². The molecule has 1 fully saturated rings. The third kappa shape index (κ3) is 2.20. The number of fused-ring (bicyclic) bond motifs is 1. The summed E-state index contributed by atoms with van der Waals surface area (Å²) in [6.45, 7) is 5.98. The van der Waals surface area contributed by atoms with Crippen LogP contribution in [0.5, 0.6) is 0 Å². The van der Waals surface area contributed by atoms with E-state index in [4.69, 9.17) is 12.2 Å². The highest BCUT2D eigenvalue weighted by Gasteiger charge is 2.20. The van der Waals surface area contributed by atoms with Crippen LogP contribution in [0.25, 0.3) is 0 Å². The predicted octanol–water partition coefficient (Wildman–Crippen LogP) is 0.194. The fourth-order valence-electron chi connectivity index (χ4n) is 2.50. The summed E-state index contributed by atoms with van der Waals surface area (Å²) in [4.78, 5) is 10.1. The van der Waals surface area contributed by atoms with E-state index in [0.29, 0.717) is 4.77 Å². The van der Waals surface area contributed by atoms with E-state index in [1.807, 2.05) is 0 Å². The van der Waals surface area contributed by atoms with Gasteiger partial charge in [0.15, 0.2) is 4.77 Å². The van der Waals surface area contributed by atoms with Crippen molar-refractivity contribution in [3.05, 3.63) is 16.0 Å². The molecule has 3 heterocycles. The van der Waals surface area contributed by atoms with Gasteiger partial charge in [-0.05, 0) is 12.2 Å². The monoisotopic (exact) mass is 251 g/mol. The summed E-state index contributed by atoms with van der Waals surface area (Å²) in [7, 11) is 0. The molecule has 2 aliphatic rings. The Hall–Kier alpha value is -0.980. The van der Waals surface area contributed by atoms with Gasteiger partial charge in [-0.3, -0.25) is 0 Å². The van der Waals surface area contributed by atoms with E-state index in [0.717, 1.165) is 51.5 Å². The zero-order chi connectivity index (χ0) is 11.7. The topological polar surface area (TPSA) is 56.0 Å². The number of aromatic amines is 1. The van der Waals surface area contributed by atoms with Crippen LogP contribution < -0.4 is 15.5 Å². The van der Waals surface area contributed by atoms with E-state index < -0.39 is 0 Å². The van der Waals surface area contributed by atoms with Crippen molar-refractivity contribution in [2.45, 2.75) is 13.0 Å². The molecule has 3 rings (SSSR count). The number of piperazine rings is 1. The van der Waals surface area contributed by atoms with Crippen LogP contribution in [-0.4, -0.2) is 42.7 Å². The molecule has 2 aliphatic heterocycles. The second kappa shape index (κ2) is 4.72. The number of hydrogen-bond acceptors (Lipinski definition) is 5. The standard InChI is InChI=1S/C11H17N5S/c17-11-14-9-1-2-13-7-8(9)10(15-11)16-5-3-12-4-6-16/h12-13H,1-7H2,(H,14,15,17). The van der Waals surface area contributed by atoms with Crippen molar-refractivity contribution >= 4 is 18.0 Å². The third-order valence-electron chi connectivity index (χ3n) is 3.37. The number of H-pyrrole nitrogens is 1. The Kier molecular flexibility index (Phi) is 3.09. The van der Waals surface area contributed by atoms with Crippen molar-refractivity contribution in [2.24, 2.45) is 0 Å². The molecular formula is C11H17N5S. The minimum absolute atomic E-state index is 0.610. The summed E-state index contributed by atoms with van der Waals surface area (Å²) in [6.07, 6.45) is 1.01. The molecular weight excluding hydrogens is 234 g/mol. The van der Waals surface area contributed by atoms with Crippen LogP contribution in [0.3, 0.4) is 0 Å². The van der Waals surface area contributed by atoms with Crippen molar-refractivity contribution in [2.75, 3.05) is 37.6 Å². The lowest BCUT2D eigenvalue weighted by atomic mass is 10.1. The highest BCUT2D eigenvalue weighted by Crippen LogP contribution is 2.22. The SMILES string of the molecule is S=c1nc(N2CCNCC2)c2c([nH]1)CCNC2. The average Bonchev–Trinajstić information content (AvgIpc) is 2.39. The highest BCUT2D eigenvalue weighted by atomic mass is 32.1. The first-order valence-corrected chi connectivity index (χ1v) is 6.54. The molecule has 0 spiro atoms. The van der Waals surface area contributed by atoms with Gasteiger partial charge >= 0.3 is 0 Å². The summed E-state index contributed by atoms with van der Waals surface area (Å²) in [6, 6.07) is 0. The number of nitrogens with zero attached hydrogens (tertiary/aromatic N) is 2. The number of hydrogen-bond donors (Lipinski definition) is 3. The Balaban J connectivity index is 2.01. The molecule has 5 nitrogen and oxygen atoms in total. The highest BCUT2D eigenvalue weighted by molar-refractivity contribution is 7.71. The first-order chi connectivity index (χ1) is 8.34. The number of aromatic nitrogens is 2. The van der Waals surface area contributed by atoms with E-state index in [-0.39, 0.29) is 0 Å². The largest absolute Gasteiger partial charge is 0.354 e. The Labute approximate surface area is 106 Å². The minimum Gasteiger partial charge on any atom is -0.354 e. The second-order valence-corrected chi connectivity index (χ2v) is 4.87. The molecule has 17 heavy (non-hydrogen) atoms. The number of nitrogens with one attached hydrogen (secondary N) is 3. The van der Waals surface area contributed by atoms with Gasteiger partial charge in [-0.1, -0.05) is 0 Å². The lowest BCUT2D eigenvalue weighted by Gasteiger charge is -2.31. The van der Waals surface area contributed by atoms with Gasteiger partial charge in [0, 0.05) is 56.9 Å². The van der Waals surface area contributed by atoms with Crippen LogP contribution in [0.2, 0.25) is 0 Å². The molecule has 1 aromatic rings. The van der Waals surface area contributed by atoms with E-state index in [2.05, 4.69) is 25.5 Å². The normalized spacial score (nSPS) is 20.1. The van der Waals surface area contributed by atoms with Crippen molar-refractivity contribution in [3.8, 4) is 0 Å². The summed E-state index contributed by atoms with van der Waals surface area (Å²) >= 11 is 5.22. The summed E-state index contributed by atoms with van der Waals surface area (Å²) < 4.78 is 0.610. The first kappa shape index (κ1) is 11.1. The molecule has 0 saturated carbocycles. The van der Waals surface area contributed by atoms with Gasteiger partial charge in [0.1, 0.15) is 5.82 Å². The van der Waals surface area contributed by atoms with Crippen LogP contribution in [0.1, 0.15) is 11.3 Å². The molecule has 0 atom stereocenters. The maximum atomic E-state index is 5.22. The molecule has 3 N–H and O–H groups in total. The van der Waals surface area contributed by atoms with Crippen molar-refractivity contribution in [1.29, 1.82) is 0 Å². The smallest absolute Gasteiger partial charge is 0.198 e. The maximum Gasteiger partial charge on any atom is 0.198 e. The molecule has 0 radical (unpaired) electrons. The van der Waals surface area contributed by atoms with Gasteiger partial charge in [0.05, 0.1) is 0 Å². The molecule has 0 bridgehead atoms. The second-order valence-electron chi connectivity index (χ2n) is 4.49. The fourth-order valence-corrected chi connectivity index (χ4v) is 2.70. The quantitative estimate of drug-likeness (QED) is 0.622. The Morgan fingerprint density at radius 2 is 1.94 bits per heavy atom. The maximum absolute atomic E-state index is 5.22. The van der Waals surface area contributed by atoms with Crippen molar-refractivity contribution in [1.82, 2.24) is 20.6 Å². The van der Waals surface area contributed by atoms with Gasteiger partial charge in [0.2, 0.25) is 0 Å². The Morgan fingerprint density at radius 1 is 1.12 bits per heavy atom. The molecule has 1 aromatic heterocycles. The molecule has 0 aliphatic carbocycles. The lowest BCUT2D eigenvalue weighted by molar-refractivity contribution is 0.571. The number of rotatable bonds is 1. The molecule has 0 amide bonds. The van der Waals surface area contributed by atoms with Crippen LogP contribution >= 0.6 is 12.2 Å². The summed E-state index contributed by atoms with van der Waals surface area (Å²) in [5.74, 6) is 1.08. The third-order valence-corrected chi connectivity index (χ3v) is 3.56. The first-order valence-electron chi connectivity index (χ1n) is 6.13. The van der Waals surface area contributed by atoms with Crippen LogP contribution in [0.15, 0.2) is 0 Å². The van der Waals surface area contributed by atoms with E-state index >= 15 is 0 Å². The summed E-state index contributed by atoms with van der Waals surface area (Å²) in [5.41, 5.74) is 2.56. The van der Waals surface area contributed by atoms with Gasteiger partial charge in [-0.25, -0.2) is 4.98 Å². The minimum atomic E-state index is 0.610. The predicted molar refractivity (Wildman–Crippen MR) is 69.9 cm³/mol. The van der Waals surface area contributed by atoms with E-state index in [1.54, 1.807) is 0 Å². The lowest BCUT2D eigenvalue weighted by Crippen LogP contribution is -2.45. The Bertz CT molecular complexity index is 463.